The molecule has 1 unspecified atom stereocenters. The average Bonchev–Trinajstić information content (AvgIpc) is 2.95. The molecule has 17 heavy (non-hydrogen) atoms. The Bertz CT molecular complexity index is 407. The molecule has 92 valence electrons. The molecule has 1 fully saturated rings. The third-order valence-electron chi connectivity index (χ3n) is 4.18. The quantitative estimate of drug-likeness (QED) is 0.863. The summed E-state index contributed by atoms with van der Waals surface area (Å²) < 4.78 is 5.54. The van der Waals surface area contributed by atoms with Crippen molar-refractivity contribution in [2.45, 2.75) is 44.6 Å². The number of hydrogen-bond acceptors (Lipinski definition) is 2. The lowest BCUT2D eigenvalue weighted by Gasteiger charge is -2.24. The summed E-state index contributed by atoms with van der Waals surface area (Å²) in [5.74, 6) is 1.10. The molecule has 0 bridgehead atoms. The Balaban J connectivity index is 1.65. The topological polar surface area (TPSA) is 21.3 Å². The normalized spacial score (nSPS) is 26.9. The van der Waals surface area contributed by atoms with E-state index in [1.807, 2.05) is 0 Å². The molecular weight excluding hydrogens is 210 g/mol. The highest BCUT2D eigenvalue weighted by Gasteiger charge is 2.27. The van der Waals surface area contributed by atoms with Gasteiger partial charge in [0.25, 0.3) is 0 Å². The van der Waals surface area contributed by atoms with E-state index in [1.54, 1.807) is 0 Å². The van der Waals surface area contributed by atoms with Crippen LogP contribution in [-0.2, 0) is 12.8 Å². The van der Waals surface area contributed by atoms with Gasteiger partial charge in [-0.25, -0.2) is 0 Å². The number of fused-ring (bicyclic) bond motifs is 1. The number of aryl methyl sites for hydroxylation is 1. The van der Waals surface area contributed by atoms with E-state index in [0.717, 1.165) is 18.8 Å². The minimum absolute atomic E-state index is 0.371. The van der Waals surface area contributed by atoms with Crippen LogP contribution in [0, 0.1) is 0 Å². The molecule has 2 heteroatoms. The van der Waals surface area contributed by atoms with E-state index in [1.165, 1.54) is 43.4 Å². The zero-order valence-corrected chi connectivity index (χ0v) is 10.6. The summed E-state index contributed by atoms with van der Waals surface area (Å²) in [6.07, 6.45) is 6.15. The lowest BCUT2D eigenvalue weighted by atomic mass is 9.91. The molecule has 1 saturated heterocycles. The van der Waals surface area contributed by atoms with Gasteiger partial charge >= 0.3 is 0 Å². The van der Waals surface area contributed by atoms with Crippen LogP contribution < -0.4 is 10.1 Å². The van der Waals surface area contributed by atoms with Gasteiger partial charge in [-0.05, 0) is 56.3 Å². The fourth-order valence-electron chi connectivity index (χ4n) is 2.99. The van der Waals surface area contributed by atoms with Gasteiger partial charge in [-0.3, -0.25) is 0 Å². The van der Waals surface area contributed by atoms with E-state index < -0.39 is 0 Å². The summed E-state index contributed by atoms with van der Waals surface area (Å²) in [6.45, 7) is 4.41. The molecule has 0 radical (unpaired) electrons. The van der Waals surface area contributed by atoms with Gasteiger partial charge in [0.2, 0.25) is 0 Å². The highest BCUT2D eigenvalue weighted by atomic mass is 16.5. The number of benzene rings is 1. The van der Waals surface area contributed by atoms with Crippen molar-refractivity contribution in [1.29, 1.82) is 0 Å². The van der Waals surface area contributed by atoms with E-state index in [0.29, 0.717) is 5.54 Å². The van der Waals surface area contributed by atoms with Crippen LogP contribution in [0.2, 0.25) is 0 Å². The molecule has 0 saturated carbocycles. The molecular formula is C15H21NO. The Morgan fingerprint density at radius 1 is 1.41 bits per heavy atom. The van der Waals surface area contributed by atoms with Gasteiger partial charge in [0.15, 0.2) is 0 Å². The summed E-state index contributed by atoms with van der Waals surface area (Å²) in [5, 5.41) is 3.63. The maximum absolute atomic E-state index is 5.54. The van der Waals surface area contributed by atoms with Crippen LogP contribution in [0.15, 0.2) is 18.2 Å². The lowest BCUT2D eigenvalue weighted by Crippen LogP contribution is -2.36. The summed E-state index contributed by atoms with van der Waals surface area (Å²) in [6, 6.07) is 6.70. The predicted molar refractivity (Wildman–Crippen MR) is 69.6 cm³/mol. The van der Waals surface area contributed by atoms with Crippen LogP contribution in [0.5, 0.6) is 5.75 Å². The zero-order chi connectivity index (χ0) is 11.7. The molecule has 1 atom stereocenters. The molecule has 2 nitrogen and oxygen atoms in total. The number of ether oxygens (including phenoxy) is 1. The van der Waals surface area contributed by atoms with Crippen LogP contribution in [0.4, 0.5) is 0 Å². The molecule has 0 aliphatic carbocycles. The second-order valence-electron chi connectivity index (χ2n) is 5.63. The average molecular weight is 231 g/mol. The summed E-state index contributed by atoms with van der Waals surface area (Å²) in [4.78, 5) is 0. The van der Waals surface area contributed by atoms with E-state index in [2.05, 4.69) is 30.4 Å². The number of rotatable bonds is 3. The first kappa shape index (κ1) is 11.1. The van der Waals surface area contributed by atoms with Gasteiger partial charge in [0.05, 0.1) is 6.61 Å². The van der Waals surface area contributed by atoms with Crippen molar-refractivity contribution in [3.63, 3.8) is 0 Å². The minimum atomic E-state index is 0.371. The smallest absolute Gasteiger partial charge is 0.122 e. The molecule has 2 aliphatic heterocycles. The SMILES string of the molecule is CC1(CCc2ccc3c(c2)CCO3)CCCN1. The first-order valence-corrected chi connectivity index (χ1v) is 6.75. The zero-order valence-electron chi connectivity index (χ0n) is 10.6. The van der Waals surface area contributed by atoms with E-state index in [4.69, 9.17) is 4.74 Å². The summed E-state index contributed by atoms with van der Waals surface area (Å²) >= 11 is 0. The van der Waals surface area contributed by atoms with Crippen molar-refractivity contribution in [2.24, 2.45) is 0 Å². The van der Waals surface area contributed by atoms with Crippen molar-refractivity contribution in [2.75, 3.05) is 13.2 Å². The van der Waals surface area contributed by atoms with Crippen molar-refractivity contribution >= 4 is 0 Å². The van der Waals surface area contributed by atoms with Gasteiger partial charge in [0, 0.05) is 12.0 Å². The van der Waals surface area contributed by atoms with Gasteiger partial charge < -0.3 is 10.1 Å². The molecule has 2 heterocycles. The second-order valence-corrected chi connectivity index (χ2v) is 5.63. The molecule has 0 spiro atoms. The van der Waals surface area contributed by atoms with E-state index in [-0.39, 0.29) is 0 Å². The van der Waals surface area contributed by atoms with Crippen LogP contribution in [0.25, 0.3) is 0 Å². The fraction of sp³-hybridized carbons (Fsp3) is 0.600. The Morgan fingerprint density at radius 2 is 2.35 bits per heavy atom. The predicted octanol–water partition coefficient (Wildman–Crippen LogP) is 2.70. The first-order chi connectivity index (χ1) is 8.25. The van der Waals surface area contributed by atoms with Gasteiger partial charge in [-0.1, -0.05) is 12.1 Å². The fourth-order valence-corrected chi connectivity index (χ4v) is 2.99. The molecule has 2 aliphatic rings. The summed E-state index contributed by atoms with van der Waals surface area (Å²) in [7, 11) is 0. The van der Waals surface area contributed by atoms with Crippen LogP contribution in [0.3, 0.4) is 0 Å². The van der Waals surface area contributed by atoms with Crippen LogP contribution in [0.1, 0.15) is 37.3 Å². The Labute approximate surface area is 103 Å². The lowest BCUT2D eigenvalue weighted by molar-refractivity contribution is 0.356. The first-order valence-electron chi connectivity index (χ1n) is 6.75. The number of hydrogen-bond donors (Lipinski definition) is 1. The monoisotopic (exact) mass is 231 g/mol. The van der Waals surface area contributed by atoms with Crippen LogP contribution >= 0.6 is 0 Å². The van der Waals surface area contributed by atoms with Crippen molar-refractivity contribution in [3.8, 4) is 5.75 Å². The number of nitrogens with one attached hydrogen (secondary N) is 1. The maximum atomic E-state index is 5.54. The minimum Gasteiger partial charge on any atom is -0.493 e. The second kappa shape index (κ2) is 4.34. The molecule has 1 aromatic carbocycles. The standard InChI is InChI=1S/C15H21NO/c1-15(7-2-9-16-15)8-5-12-3-4-14-13(11-12)6-10-17-14/h3-4,11,16H,2,5-10H2,1H3. The van der Waals surface area contributed by atoms with Crippen LogP contribution in [-0.4, -0.2) is 18.7 Å². The largest absolute Gasteiger partial charge is 0.493 e. The third-order valence-corrected chi connectivity index (χ3v) is 4.18. The molecule has 1 aromatic rings. The van der Waals surface area contributed by atoms with E-state index >= 15 is 0 Å². The van der Waals surface area contributed by atoms with Crippen molar-refractivity contribution < 1.29 is 4.74 Å². The molecule has 0 amide bonds. The Hall–Kier alpha value is -1.02. The van der Waals surface area contributed by atoms with E-state index in [9.17, 15) is 0 Å². The highest BCUT2D eigenvalue weighted by Crippen LogP contribution is 2.28. The third kappa shape index (κ3) is 2.32. The summed E-state index contributed by atoms with van der Waals surface area (Å²) in [5.41, 5.74) is 3.23. The maximum Gasteiger partial charge on any atom is 0.122 e. The Morgan fingerprint density at radius 3 is 3.18 bits per heavy atom. The molecule has 1 N–H and O–H groups in total. The van der Waals surface area contributed by atoms with Crippen molar-refractivity contribution in [1.82, 2.24) is 5.32 Å². The van der Waals surface area contributed by atoms with Gasteiger partial charge in [-0.15, -0.1) is 0 Å². The van der Waals surface area contributed by atoms with Crippen molar-refractivity contribution in [3.05, 3.63) is 29.3 Å². The highest BCUT2D eigenvalue weighted by molar-refractivity contribution is 5.39. The molecule has 0 aromatic heterocycles. The Kier molecular flexibility index (Phi) is 2.83. The molecule has 3 rings (SSSR count). The van der Waals surface area contributed by atoms with Gasteiger partial charge in [0.1, 0.15) is 5.75 Å². The van der Waals surface area contributed by atoms with Gasteiger partial charge in [-0.2, -0.15) is 0 Å².